The molecule has 0 saturated heterocycles. The minimum atomic E-state index is -0.0632. The zero-order valence-electron chi connectivity index (χ0n) is 11.2. The van der Waals surface area contributed by atoms with Gasteiger partial charge >= 0.3 is 0 Å². The number of aromatic nitrogens is 3. The molecule has 0 spiro atoms. The summed E-state index contributed by atoms with van der Waals surface area (Å²) in [6, 6.07) is 7.99. The highest BCUT2D eigenvalue weighted by atomic mass is 35.5. The number of alkyl halides is 1. The van der Waals surface area contributed by atoms with Gasteiger partial charge < -0.3 is 4.74 Å². The fourth-order valence-electron chi connectivity index (χ4n) is 1.67. The SMILES string of the molecule is CCC(Cl)c1cn(CCOc2ccc(C)cc2)nn1. The lowest BCUT2D eigenvalue weighted by atomic mass is 10.2. The van der Waals surface area contributed by atoms with Gasteiger partial charge in [0.15, 0.2) is 0 Å². The van der Waals surface area contributed by atoms with Crippen molar-refractivity contribution >= 4 is 11.6 Å². The van der Waals surface area contributed by atoms with Gasteiger partial charge in [-0.25, -0.2) is 4.68 Å². The van der Waals surface area contributed by atoms with Gasteiger partial charge in [0.05, 0.1) is 18.1 Å². The molecule has 1 aromatic heterocycles. The Morgan fingerprint density at radius 1 is 1.32 bits per heavy atom. The van der Waals surface area contributed by atoms with Crippen molar-refractivity contribution in [1.29, 1.82) is 0 Å². The third kappa shape index (κ3) is 3.96. The first-order chi connectivity index (χ1) is 9.19. The number of hydrogen-bond donors (Lipinski definition) is 0. The first kappa shape index (κ1) is 13.9. The molecule has 19 heavy (non-hydrogen) atoms. The Morgan fingerprint density at radius 2 is 2.05 bits per heavy atom. The molecule has 0 radical (unpaired) electrons. The predicted octanol–water partition coefficient (Wildman–Crippen LogP) is 3.36. The molecule has 1 aromatic carbocycles. The highest BCUT2D eigenvalue weighted by Gasteiger charge is 2.09. The molecule has 1 heterocycles. The van der Waals surface area contributed by atoms with Crippen LogP contribution in [-0.2, 0) is 6.54 Å². The van der Waals surface area contributed by atoms with Crippen molar-refractivity contribution in [3.8, 4) is 5.75 Å². The van der Waals surface area contributed by atoms with Gasteiger partial charge in [0.25, 0.3) is 0 Å². The van der Waals surface area contributed by atoms with Gasteiger partial charge in [-0.3, -0.25) is 0 Å². The molecule has 0 amide bonds. The van der Waals surface area contributed by atoms with Crippen molar-refractivity contribution in [2.24, 2.45) is 0 Å². The number of ether oxygens (including phenoxy) is 1. The Balaban J connectivity index is 1.82. The first-order valence-electron chi connectivity index (χ1n) is 6.42. The van der Waals surface area contributed by atoms with Crippen molar-refractivity contribution < 1.29 is 4.74 Å². The van der Waals surface area contributed by atoms with Crippen LogP contribution in [0.15, 0.2) is 30.5 Å². The van der Waals surface area contributed by atoms with Gasteiger partial charge in [-0.15, -0.1) is 16.7 Å². The average molecular weight is 280 g/mol. The Labute approximate surface area is 118 Å². The summed E-state index contributed by atoms with van der Waals surface area (Å²) in [5, 5.41) is 8.02. The van der Waals surface area contributed by atoms with E-state index < -0.39 is 0 Å². The number of hydrogen-bond acceptors (Lipinski definition) is 3. The molecule has 0 fully saturated rings. The van der Waals surface area contributed by atoms with Crippen LogP contribution in [0.3, 0.4) is 0 Å². The Hall–Kier alpha value is -1.55. The zero-order valence-corrected chi connectivity index (χ0v) is 12.0. The summed E-state index contributed by atoms with van der Waals surface area (Å²) in [6.07, 6.45) is 2.72. The van der Waals surface area contributed by atoms with Crippen LogP contribution in [0.25, 0.3) is 0 Å². The van der Waals surface area contributed by atoms with Crippen LogP contribution in [0.4, 0.5) is 0 Å². The molecule has 0 N–H and O–H groups in total. The molecule has 0 bridgehead atoms. The maximum atomic E-state index is 6.10. The predicted molar refractivity (Wildman–Crippen MR) is 75.6 cm³/mol. The van der Waals surface area contributed by atoms with Gasteiger partial charge in [0, 0.05) is 0 Å². The van der Waals surface area contributed by atoms with Crippen molar-refractivity contribution in [2.45, 2.75) is 32.2 Å². The van der Waals surface area contributed by atoms with Crippen LogP contribution in [0.1, 0.15) is 30.0 Å². The molecule has 0 aliphatic rings. The summed E-state index contributed by atoms with van der Waals surface area (Å²) in [4.78, 5) is 0. The van der Waals surface area contributed by atoms with Crippen LogP contribution < -0.4 is 4.74 Å². The highest BCUT2D eigenvalue weighted by Crippen LogP contribution is 2.20. The van der Waals surface area contributed by atoms with Crippen LogP contribution >= 0.6 is 11.6 Å². The van der Waals surface area contributed by atoms with Crippen LogP contribution in [0, 0.1) is 6.92 Å². The summed E-state index contributed by atoms with van der Waals surface area (Å²) in [6.45, 7) is 5.30. The van der Waals surface area contributed by atoms with E-state index in [-0.39, 0.29) is 5.38 Å². The second kappa shape index (κ2) is 6.57. The minimum absolute atomic E-state index is 0.0632. The molecular formula is C14H18ClN3O. The lowest BCUT2D eigenvalue weighted by Crippen LogP contribution is -2.08. The minimum Gasteiger partial charge on any atom is -0.492 e. The smallest absolute Gasteiger partial charge is 0.119 e. The van der Waals surface area contributed by atoms with E-state index in [1.807, 2.05) is 37.4 Å². The molecule has 0 aliphatic heterocycles. The largest absolute Gasteiger partial charge is 0.492 e. The van der Waals surface area contributed by atoms with E-state index in [0.29, 0.717) is 13.2 Å². The number of halogens is 1. The van der Waals surface area contributed by atoms with Crippen molar-refractivity contribution in [1.82, 2.24) is 15.0 Å². The quantitative estimate of drug-likeness (QED) is 0.761. The summed E-state index contributed by atoms with van der Waals surface area (Å²) in [5.41, 5.74) is 2.04. The molecule has 4 nitrogen and oxygen atoms in total. The van der Waals surface area contributed by atoms with Gasteiger partial charge in [-0.2, -0.15) is 0 Å². The Kier molecular flexibility index (Phi) is 4.80. The lowest BCUT2D eigenvalue weighted by molar-refractivity contribution is 0.289. The third-order valence-electron chi connectivity index (χ3n) is 2.85. The van der Waals surface area contributed by atoms with E-state index in [1.54, 1.807) is 4.68 Å². The summed E-state index contributed by atoms with van der Waals surface area (Å²) >= 11 is 6.10. The van der Waals surface area contributed by atoms with E-state index in [9.17, 15) is 0 Å². The van der Waals surface area contributed by atoms with Gasteiger partial charge in [-0.05, 0) is 25.5 Å². The topological polar surface area (TPSA) is 39.9 Å². The number of rotatable bonds is 6. The van der Waals surface area contributed by atoms with Crippen molar-refractivity contribution in [3.63, 3.8) is 0 Å². The fraction of sp³-hybridized carbons (Fsp3) is 0.429. The Bertz CT molecular complexity index is 510. The van der Waals surface area contributed by atoms with E-state index in [1.165, 1.54) is 5.56 Å². The monoisotopic (exact) mass is 279 g/mol. The van der Waals surface area contributed by atoms with Gasteiger partial charge in [0.2, 0.25) is 0 Å². The number of benzene rings is 1. The van der Waals surface area contributed by atoms with Crippen molar-refractivity contribution in [2.75, 3.05) is 6.61 Å². The molecule has 0 aliphatic carbocycles. The lowest BCUT2D eigenvalue weighted by Gasteiger charge is -2.06. The maximum Gasteiger partial charge on any atom is 0.119 e. The fourth-order valence-corrected chi connectivity index (χ4v) is 1.77. The zero-order chi connectivity index (χ0) is 13.7. The van der Waals surface area contributed by atoms with Crippen LogP contribution in [0.2, 0.25) is 0 Å². The third-order valence-corrected chi connectivity index (χ3v) is 3.38. The second-order valence-electron chi connectivity index (χ2n) is 4.44. The average Bonchev–Trinajstić information content (AvgIpc) is 2.89. The molecule has 2 aromatic rings. The standard InChI is InChI=1S/C14H18ClN3O/c1-3-13(15)14-10-18(17-16-14)8-9-19-12-6-4-11(2)5-7-12/h4-7,10,13H,3,8-9H2,1-2H3. The first-order valence-corrected chi connectivity index (χ1v) is 6.86. The Morgan fingerprint density at radius 3 is 2.74 bits per heavy atom. The maximum absolute atomic E-state index is 6.10. The van der Waals surface area contributed by atoms with Crippen molar-refractivity contribution in [3.05, 3.63) is 41.7 Å². The molecule has 1 unspecified atom stereocenters. The number of nitrogens with zero attached hydrogens (tertiary/aromatic N) is 3. The van der Waals surface area contributed by atoms with E-state index >= 15 is 0 Å². The molecule has 102 valence electrons. The van der Waals surface area contributed by atoms with E-state index in [2.05, 4.69) is 17.2 Å². The summed E-state index contributed by atoms with van der Waals surface area (Å²) in [5.74, 6) is 0.870. The summed E-state index contributed by atoms with van der Waals surface area (Å²) in [7, 11) is 0. The number of aryl methyl sites for hydroxylation is 1. The van der Waals surface area contributed by atoms with E-state index in [4.69, 9.17) is 16.3 Å². The van der Waals surface area contributed by atoms with Crippen LogP contribution in [-0.4, -0.2) is 21.6 Å². The molecule has 2 rings (SSSR count). The highest BCUT2D eigenvalue weighted by molar-refractivity contribution is 6.20. The summed E-state index contributed by atoms with van der Waals surface area (Å²) < 4.78 is 7.40. The van der Waals surface area contributed by atoms with Gasteiger partial charge in [0.1, 0.15) is 18.1 Å². The molecule has 0 saturated carbocycles. The molecule has 5 heteroatoms. The molecular weight excluding hydrogens is 262 g/mol. The van der Waals surface area contributed by atoms with E-state index in [0.717, 1.165) is 17.9 Å². The molecule has 1 atom stereocenters. The van der Waals surface area contributed by atoms with Crippen LogP contribution in [0.5, 0.6) is 5.75 Å². The second-order valence-corrected chi connectivity index (χ2v) is 4.97. The normalized spacial score (nSPS) is 12.4. The van der Waals surface area contributed by atoms with Gasteiger partial charge in [-0.1, -0.05) is 29.8 Å².